The van der Waals surface area contributed by atoms with Crippen molar-refractivity contribution in [2.45, 2.75) is 24.7 Å². The maximum absolute atomic E-state index is 13.6. The smallest absolute Gasteiger partial charge is 0.237 e. The second-order valence-corrected chi connectivity index (χ2v) is 6.57. The minimum Gasteiger partial charge on any atom is -0.438 e. The molecule has 1 N–H and O–H groups in total. The van der Waals surface area contributed by atoms with Crippen molar-refractivity contribution in [3.63, 3.8) is 0 Å². The zero-order valence-electron chi connectivity index (χ0n) is 14.6. The minimum absolute atomic E-state index is 0.109. The number of anilines is 1. The van der Waals surface area contributed by atoms with Crippen LogP contribution in [0.2, 0.25) is 0 Å². The van der Waals surface area contributed by atoms with Gasteiger partial charge in [0.15, 0.2) is 0 Å². The molecule has 3 aromatic rings. The van der Waals surface area contributed by atoms with E-state index in [1.807, 2.05) is 6.07 Å². The van der Waals surface area contributed by atoms with Crippen LogP contribution in [0.3, 0.4) is 0 Å². The Morgan fingerprint density at radius 1 is 1.11 bits per heavy atom. The van der Waals surface area contributed by atoms with Crippen molar-refractivity contribution in [3.05, 3.63) is 78.5 Å². The average Bonchev–Trinajstić information content (AvgIpc) is 2.63. The van der Waals surface area contributed by atoms with Gasteiger partial charge in [0, 0.05) is 18.1 Å². The molecule has 1 amide bonds. The Bertz CT molecular complexity index is 941. The van der Waals surface area contributed by atoms with Crippen molar-refractivity contribution in [2.75, 3.05) is 5.32 Å². The fourth-order valence-corrected chi connectivity index (χ4v) is 3.28. The third-order valence-corrected chi connectivity index (χ3v) is 4.89. The first-order valence-corrected chi connectivity index (χ1v) is 8.77. The van der Waals surface area contributed by atoms with Gasteiger partial charge in [-0.1, -0.05) is 18.6 Å². The van der Waals surface area contributed by atoms with Crippen LogP contribution in [0, 0.1) is 5.82 Å². The SMILES string of the molecule is O=C(Nc1ccc(Oc2cnccn2)cc1)C1(c2cccc(F)c2)CCC1. The predicted molar refractivity (Wildman–Crippen MR) is 99.1 cm³/mol. The van der Waals surface area contributed by atoms with Crippen LogP contribution in [0.5, 0.6) is 11.6 Å². The molecule has 136 valence electrons. The molecular weight excluding hydrogens is 345 g/mol. The van der Waals surface area contributed by atoms with Gasteiger partial charge in [0.2, 0.25) is 11.8 Å². The molecule has 0 bridgehead atoms. The van der Waals surface area contributed by atoms with Crippen molar-refractivity contribution in [3.8, 4) is 11.6 Å². The van der Waals surface area contributed by atoms with Crippen LogP contribution in [0.25, 0.3) is 0 Å². The molecule has 0 saturated heterocycles. The fourth-order valence-electron chi connectivity index (χ4n) is 3.28. The summed E-state index contributed by atoms with van der Waals surface area (Å²) in [7, 11) is 0. The second-order valence-electron chi connectivity index (χ2n) is 6.57. The lowest BCUT2D eigenvalue weighted by Gasteiger charge is -2.40. The molecule has 0 unspecified atom stereocenters. The summed E-state index contributed by atoms with van der Waals surface area (Å²) in [5.74, 6) is 0.560. The fraction of sp³-hybridized carbons (Fsp3) is 0.190. The van der Waals surface area contributed by atoms with Crippen molar-refractivity contribution in [1.82, 2.24) is 9.97 Å². The number of nitrogens with zero attached hydrogens (tertiary/aromatic N) is 2. The third-order valence-electron chi connectivity index (χ3n) is 4.89. The molecule has 1 heterocycles. The van der Waals surface area contributed by atoms with Gasteiger partial charge in [-0.15, -0.1) is 0 Å². The van der Waals surface area contributed by atoms with Crippen molar-refractivity contribution < 1.29 is 13.9 Å². The number of hydrogen-bond acceptors (Lipinski definition) is 4. The molecule has 0 radical (unpaired) electrons. The van der Waals surface area contributed by atoms with E-state index in [9.17, 15) is 9.18 Å². The monoisotopic (exact) mass is 363 g/mol. The Morgan fingerprint density at radius 2 is 1.93 bits per heavy atom. The van der Waals surface area contributed by atoms with E-state index in [-0.39, 0.29) is 11.7 Å². The Kier molecular flexibility index (Phi) is 4.54. The molecule has 1 aliphatic rings. The molecule has 6 heteroatoms. The number of ether oxygens (including phenoxy) is 1. The number of carbonyl (C=O) groups is 1. The van der Waals surface area contributed by atoms with Crippen molar-refractivity contribution in [1.29, 1.82) is 0 Å². The standard InChI is InChI=1S/C21H18FN3O2/c22-16-4-1-3-15(13-16)21(9-2-10-21)20(26)25-17-5-7-18(8-6-17)27-19-14-23-11-12-24-19/h1,3-8,11-14H,2,9-10H2,(H,25,26). The number of amides is 1. The topological polar surface area (TPSA) is 64.1 Å². The number of rotatable bonds is 5. The van der Waals surface area contributed by atoms with Crippen LogP contribution in [-0.2, 0) is 10.2 Å². The minimum atomic E-state index is -0.656. The van der Waals surface area contributed by atoms with E-state index >= 15 is 0 Å². The number of benzene rings is 2. The molecular formula is C21H18FN3O2. The summed E-state index contributed by atoms with van der Waals surface area (Å²) in [5, 5.41) is 2.95. The van der Waals surface area contributed by atoms with E-state index in [1.54, 1.807) is 42.7 Å². The van der Waals surface area contributed by atoms with Crippen LogP contribution in [0.4, 0.5) is 10.1 Å². The highest BCUT2D eigenvalue weighted by Gasteiger charge is 2.45. The highest BCUT2D eigenvalue weighted by atomic mass is 19.1. The largest absolute Gasteiger partial charge is 0.438 e. The Balaban J connectivity index is 1.47. The van der Waals surface area contributed by atoms with Crippen molar-refractivity contribution in [2.24, 2.45) is 0 Å². The number of halogens is 1. The lowest BCUT2D eigenvalue weighted by molar-refractivity contribution is -0.124. The Labute approximate surface area is 156 Å². The van der Waals surface area contributed by atoms with Crippen LogP contribution in [0.15, 0.2) is 67.1 Å². The first-order valence-electron chi connectivity index (χ1n) is 8.77. The van der Waals surface area contributed by atoms with Gasteiger partial charge in [-0.25, -0.2) is 9.37 Å². The summed E-state index contributed by atoms with van der Waals surface area (Å²) in [4.78, 5) is 20.9. The molecule has 0 spiro atoms. The van der Waals surface area contributed by atoms with E-state index in [0.29, 0.717) is 17.3 Å². The van der Waals surface area contributed by atoms with Crippen LogP contribution >= 0.6 is 0 Å². The molecule has 27 heavy (non-hydrogen) atoms. The first-order chi connectivity index (χ1) is 13.2. The van der Waals surface area contributed by atoms with Gasteiger partial charge in [-0.05, 0) is 54.8 Å². The zero-order chi connectivity index (χ0) is 18.7. The van der Waals surface area contributed by atoms with E-state index in [4.69, 9.17) is 4.74 Å². The molecule has 1 aromatic heterocycles. The highest BCUT2D eigenvalue weighted by Crippen LogP contribution is 2.44. The number of carbonyl (C=O) groups excluding carboxylic acids is 1. The Morgan fingerprint density at radius 3 is 2.56 bits per heavy atom. The summed E-state index contributed by atoms with van der Waals surface area (Å²) >= 11 is 0. The molecule has 0 aliphatic heterocycles. The average molecular weight is 363 g/mol. The Hall–Kier alpha value is -3.28. The normalized spacial score (nSPS) is 14.9. The van der Waals surface area contributed by atoms with E-state index in [1.165, 1.54) is 18.3 Å². The summed E-state index contributed by atoms with van der Waals surface area (Å²) < 4.78 is 19.2. The van der Waals surface area contributed by atoms with Gasteiger partial charge in [-0.2, -0.15) is 0 Å². The zero-order valence-corrected chi connectivity index (χ0v) is 14.6. The second kappa shape index (κ2) is 7.15. The van der Waals surface area contributed by atoms with E-state index in [0.717, 1.165) is 24.8 Å². The quantitative estimate of drug-likeness (QED) is 0.726. The summed E-state index contributed by atoms with van der Waals surface area (Å²) in [6, 6.07) is 13.3. The molecule has 5 nitrogen and oxygen atoms in total. The van der Waals surface area contributed by atoms with Gasteiger partial charge >= 0.3 is 0 Å². The van der Waals surface area contributed by atoms with Gasteiger partial charge in [0.25, 0.3) is 0 Å². The third kappa shape index (κ3) is 3.51. The maximum Gasteiger partial charge on any atom is 0.237 e. The summed E-state index contributed by atoms with van der Waals surface area (Å²) in [6.07, 6.45) is 7.03. The van der Waals surface area contributed by atoms with Gasteiger partial charge in [0.05, 0.1) is 11.6 Å². The van der Waals surface area contributed by atoms with E-state index < -0.39 is 5.41 Å². The summed E-state index contributed by atoms with van der Waals surface area (Å²) in [5.41, 5.74) is 0.736. The lowest BCUT2D eigenvalue weighted by atomic mass is 9.63. The van der Waals surface area contributed by atoms with Crippen LogP contribution in [0.1, 0.15) is 24.8 Å². The number of hydrogen-bond donors (Lipinski definition) is 1. The van der Waals surface area contributed by atoms with Crippen molar-refractivity contribution >= 4 is 11.6 Å². The predicted octanol–water partition coefficient (Wildman–Crippen LogP) is 4.47. The highest BCUT2D eigenvalue weighted by molar-refractivity contribution is 6.00. The molecule has 1 saturated carbocycles. The maximum atomic E-state index is 13.6. The molecule has 1 fully saturated rings. The van der Waals surface area contributed by atoms with Crippen LogP contribution in [-0.4, -0.2) is 15.9 Å². The molecule has 1 aliphatic carbocycles. The lowest BCUT2D eigenvalue weighted by Crippen LogP contribution is -2.46. The van der Waals surface area contributed by atoms with Gasteiger partial charge in [0.1, 0.15) is 11.6 Å². The molecule has 0 atom stereocenters. The number of nitrogens with one attached hydrogen (secondary N) is 1. The van der Waals surface area contributed by atoms with E-state index in [2.05, 4.69) is 15.3 Å². The molecule has 4 rings (SSSR count). The van der Waals surface area contributed by atoms with Gasteiger partial charge < -0.3 is 10.1 Å². The first kappa shape index (κ1) is 17.1. The van der Waals surface area contributed by atoms with Crippen LogP contribution < -0.4 is 10.1 Å². The molecule has 2 aromatic carbocycles. The summed E-state index contributed by atoms with van der Waals surface area (Å²) in [6.45, 7) is 0. The van der Waals surface area contributed by atoms with Gasteiger partial charge in [-0.3, -0.25) is 9.78 Å². The number of aromatic nitrogens is 2.